The number of halogens is 2. The van der Waals surface area contributed by atoms with Crippen LogP contribution in [0, 0.1) is 27.7 Å². The molecule has 1 saturated heterocycles. The third-order valence-electron chi connectivity index (χ3n) is 2.82. The zero-order valence-corrected chi connectivity index (χ0v) is 9.49. The van der Waals surface area contributed by atoms with Gasteiger partial charge in [0.15, 0.2) is 17.4 Å². The van der Waals surface area contributed by atoms with Crippen molar-refractivity contribution in [2.45, 2.75) is 6.42 Å². The first-order valence-electron chi connectivity index (χ1n) is 5.55. The third-order valence-corrected chi connectivity index (χ3v) is 2.82. The van der Waals surface area contributed by atoms with Gasteiger partial charge in [0.1, 0.15) is 0 Å². The number of nitro groups is 1. The van der Waals surface area contributed by atoms with E-state index in [1.807, 2.05) is 0 Å². The number of nitrogens with zero attached hydrogens (tertiary/aromatic N) is 1. The molecule has 98 valence electrons. The minimum atomic E-state index is -1.05. The molecule has 1 aliphatic heterocycles. The van der Waals surface area contributed by atoms with Gasteiger partial charge < -0.3 is 10.1 Å². The van der Waals surface area contributed by atoms with Gasteiger partial charge in [-0.1, -0.05) is 0 Å². The molecule has 1 unspecified atom stereocenters. The van der Waals surface area contributed by atoms with E-state index in [1.165, 1.54) is 0 Å². The van der Waals surface area contributed by atoms with Gasteiger partial charge >= 0.3 is 0 Å². The Morgan fingerprint density at radius 2 is 2.11 bits per heavy atom. The number of benzene rings is 1. The number of non-ortho nitro benzene ring substituents is 1. The number of ether oxygens (including phenoxy) is 1. The van der Waals surface area contributed by atoms with E-state index in [0.29, 0.717) is 12.1 Å². The maximum Gasteiger partial charge on any atom is 0.275 e. The van der Waals surface area contributed by atoms with Gasteiger partial charge in [-0.05, 0) is 13.0 Å². The van der Waals surface area contributed by atoms with Crippen molar-refractivity contribution >= 4 is 5.69 Å². The summed E-state index contributed by atoms with van der Waals surface area (Å²) in [6.07, 6.45) is 0.885. The second-order valence-electron chi connectivity index (χ2n) is 4.17. The minimum Gasteiger partial charge on any atom is -0.487 e. The van der Waals surface area contributed by atoms with Crippen molar-refractivity contribution in [2.24, 2.45) is 5.92 Å². The Balaban J connectivity index is 2.10. The van der Waals surface area contributed by atoms with Crippen molar-refractivity contribution in [1.29, 1.82) is 0 Å². The van der Waals surface area contributed by atoms with Crippen LogP contribution in [0.3, 0.4) is 0 Å². The van der Waals surface area contributed by atoms with E-state index < -0.39 is 28.0 Å². The molecule has 1 heterocycles. The Bertz CT molecular complexity index is 439. The average molecular weight is 258 g/mol. The van der Waals surface area contributed by atoms with Crippen molar-refractivity contribution < 1.29 is 18.4 Å². The van der Waals surface area contributed by atoms with Crippen LogP contribution in [0.5, 0.6) is 5.75 Å². The first-order chi connectivity index (χ1) is 8.58. The molecule has 1 aliphatic rings. The van der Waals surface area contributed by atoms with Gasteiger partial charge in [0, 0.05) is 12.5 Å². The van der Waals surface area contributed by atoms with E-state index in [-0.39, 0.29) is 12.5 Å². The van der Waals surface area contributed by atoms with Crippen molar-refractivity contribution in [3.8, 4) is 5.75 Å². The number of rotatable bonds is 4. The number of hydrogen-bond acceptors (Lipinski definition) is 4. The molecule has 7 heteroatoms. The smallest absolute Gasteiger partial charge is 0.275 e. The van der Waals surface area contributed by atoms with Crippen LogP contribution in [0.25, 0.3) is 0 Å². The zero-order valence-electron chi connectivity index (χ0n) is 9.49. The van der Waals surface area contributed by atoms with Crippen molar-refractivity contribution in [3.05, 3.63) is 33.9 Å². The summed E-state index contributed by atoms with van der Waals surface area (Å²) >= 11 is 0. The van der Waals surface area contributed by atoms with Gasteiger partial charge in [-0.15, -0.1) is 0 Å². The summed E-state index contributed by atoms with van der Waals surface area (Å²) in [5.74, 6) is -2.44. The SMILES string of the molecule is O=[N+]([O-])c1cc(F)c(OCC2CCNC2)c(F)c1. The highest BCUT2D eigenvalue weighted by atomic mass is 19.1. The predicted molar refractivity (Wildman–Crippen MR) is 59.5 cm³/mol. The number of nitro benzene ring substituents is 1. The lowest BCUT2D eigenvalue weighted by atomic mass is 10.1. The second-order valence-corrected chi connectivity index (χ2v) is 4.17. The van der Waals surface area contributed by atoms with Crippen LogP contribution in [0.15, 0.2) is 12.1 Å². The molecule has 1 aromatic rings. The van der Waals surface area contributed by atoms with Crippen LogP contribution in [0.4, 0.5) is 14.5 Å². The molecule has 1 aromatic carbocycles. The number of nitrogens with one attached hydrogen (secondary N) is 1. The predicted octanol–water partition coefficient (Wildman–Crippen LogP) is 1.86. The van der Waals surface area contributed by atoms with Crippen molar-refractivity contribution in [1.82, 2.24) is 5.32 Å². The molecule has 0 radical (unpaired) electrons. The molecule has 0 aliphatic carbocycles. The Morgan fingerprint density at radius 1 is 1.44 bits per heavy atom. The molecular weight excluding hydrogens is 246 g/mol. The summed E-state index contributed by atoms with van der Waals surface area (Å²) < 4.78 is 32.0. The Labute approximate surface area is 102 Å². The van der Waals surface area contributed by atoms with Crippen molar-refractivity contribution in [3.63, 3.8) is 0 Å². The average Bonchev–Trinajstić information content (AvgIpc) is 2.80. The van der Waals surface area contributed by atoms with Crippen LogP contribution < -0.4 is 10.1 Å². The molecule has 2 rings (SSSR count). The quantitative estimate of drug-likeness (QED) is 0.661. The summed E-state index contributed by atoms with van der Waals surface area (Å²) in [4.78, 5) is 9.56. The highest BCUT2D eigenvalue weighted by molar-refractivity contribution is 5.39. The fourth-order valence-corrected chi connectivity index (χ4v) is 1.85. The van der Waals surface area contributed by atoms with E-state index in [1.54, 1.807) is 0 Å². The summed E-state index contributed by atoms with van der Waals surface area (Å²) in [6.45, 7) is 1.80. The molecule has 0 amide bonds. The van der Waals surface area contributed by atoms with Gasteiger partial charge in [-0.2, -0.15) is 0 Å². The lowest BCUT2D eigenvalue weighted by Gasteiger charge is -2.11. The molecule has 0 bridgehead atoms. The summed E-state index contributed by atoms with van der Waals surface area (Å²) in [5.41, 5.74) is -0.625. The number of hydrogen-bond donors (Lipinski definition) is 1. The van der Waals surface area contributed by atoms with Gasteiger partial charge in [0.25, 0.3) is 5.69 Å². The normalized spacial score (nSPS) is 18.9. The van der Waals surface area contributed by atoms with Gasteiger partial charge in [-0.3, -0.25) is 10.1 Å². The first-order valence-corrected chi connectivity index (χ1v) is 5.55. The van der Waals surface area contributed by atoms with E-state index in [4.69, 9.17) is 4.74 Å². The highest BCUT2D eigenvalue weighted by Gasteiger charge is 2.21. The van der Waals surface area contributed by atoms with Gasteiger partial charge in [0.2, 0.25) is 0 Å². The molecule has 1 atom stereocenters. The fourth-order valence-electron chi connectivity index (χ4n) is 1.85. The minimum absolute atomic E-state index is 0.193. The molecule has 18 heavy (non-hydrogen) atoms. The standard InChI is InChI=1S/C11H12F2N2O3/c12-9-3-8(15(16)17)4-10(13)11(9)18-6-7-1-2-14-5-7/h3-4,7,14H,1-2,5-6H2. The maximum atomic E-state index is 13.5. The monoisotopic (exact) mass is 258 g/mol. The van der Waals surface area contributed by atoms with E-state index in [2.05, 4.69) is 5.32 Å². The molecule has 1 N–H and O–H groups in total. The fraction of sp³-hybridized carbons (Fsp3) is 0.455. The van der Waals surface area contributed by atoms with Gasteiger partial charge in [-0.25, -0.2) is 8.78 Å². The largest absolute Gasteiger partial charge is 0.487 e. The summed E-state index contributed by atoms with van der Waals surface area (Å²) in [6, 6.07) is 1.32. The van der Waals surface area contributed by atoms with Crippen molar-refractivity contribution in [2.75, 3.05) is 19.7 Å². The summed E-state index contributed by atoms with van der Waals surface area (Å²) in [7, 11) is 0. The molecule has 0 spiro atoms. The third kappa shape index (κ3) is 2.73. The van der Waals surface area contributed by atoms with E-state index in [0.717, 1.165) is 19.5 Å². The lowest BCUT2D eigenvalue weighted by molar-refractivity contribution is -0.385. The molecule has 1 fully saturated rings. The van der Waals surface area contributed by atoms with Crippen LogP contribution >= 0.6 is 0 Å². The maximum absolute atomic E-state index is 13.5. The van der Waals surface area contributed by atoms with Gasteiger partial charge in [0.05, 0.1) is 23.7 Å². The Hall–Kier alpha value is -1.76. The van der Waals surface area contributed by atoms with Crippen LogP contribution in [-0.4, -0.2) is 24.6 Å². The molecule has 0 aromatic heterocycles. The molecule has 5 nitrogen and oxygen atoms in total. The van der Waals surface area contributed by atoms with E-state index in [9.17, 15) is 18.9 Å². The molecular formula is C11H12F2N2O3. The van der Waals surface area contributed by atoms with Crippen LogP contribution in [0.1, 0.15) is 6.42 Å². The first kappa shape index (κ1) is 12.7. The zero-order chi connectivity index (χ0) is 13.1. The lowest BCUT2D eigenvalue weighted by Crippen LogP contribution is -2.16. The van der Waals surface area contributed by atoms with E-state index >= 15 is 0 Å². The van der Waals surface area contributed by atoms with Crippen LogP contribution in [-0.2, 0) is 0 Å². The molecule has 0 saturated carbocycles. The Kier molecular flexibility index (Phi) is 3.71. The summed E-state index contributed by atoms with van der Waals surface area (Å²) in [5, 5.41) is 13.5. The van der Waals surface area contributed by atoms with Crippen LogP contribution in [0.2, 0.25) is 0 Å². The highest BCUT2D eigenvalue weighted by Crippen LogP contribution is 2.27. The Morgan fingerprint density at radius 3 is 2.61 bits per heavy atom. The second kappa shape index (κ2) is 5.26. The topological polar surface area (TPSA) is 64.4 Å².